The molecule has 25 heavy (non-hydrogen) atoms. The molecule has 0 radical (unpaired) electrons. The van der Waals surface area contributed by atoms with Crippen molar-refractivity contribution in [3.8, 4) is 0 Å². The van der Waals surface area contributed by atoms with Gasteiger partial charge >= 0.3 is 0 Å². The maximum absolute atomic E-state index is 5.04. The van der Waals surface area contributed by atoms with Crippen LogP contribution in [0.3, 0.4) is 0 Å². The van der Waals surface area contributed by atoms with Crippen molar-refractivity contribution in [1.82, 2.24) is 9.88 Å². The maximum atomic E-state index is 5.04. The average molecular weight is 345 g/mol. The SMILES string of the molecule is Cc1cc2cccc(N=C3SC[C@@H]4Cc5ccccc5CN34)c2cn1. The van der Waals surface area contributed by atoms with Gasteiger partial charge in [-0.2, -0.15) is 0 Å². The van der Waals surface area contributed by atoms with Crippen LogP contribution in [0.25, 0.3) is 10.8 Å². The zero-order chi connectivity index (χ0) is 16.8. The molecule has 2 aromatic carbocycles. The van der Waals surface area contributed by atoms with Crippen molar-refractivity contribution in [2.75, 3.05) is 5.75 Å². The van der Waals surface area contributed by atoms with Crippen molar-refractivity contribution in [3.05, 3.63) is 71.5 Å². The molecule has 4 heteroatoms. The van der Waals surface area contributed by atoms with Crippen molar-refractivity contribution < 1.29 is 0 Å². The summed E-state index contributed by atoms with van der Waals surface area (Å²) < 4.78 is 0. The van der Waals surface area contributed by atoms with Gasteiger partial charge in [0.25, 0.3) is 0 Å². The van der Waals surface area contributed by atoms with Crippen LogP contribution in [0.2, 0.25) is 0 Å². The first-order valence-corrected chi connectivity index (χ1v) is 9.67. The number of aryl methyl sites for hydroxylation is 1. The Kier molecular flexibility index (Phi) is 3.52. The largest absolute Gasteiger partial charge is 0.343 e. The Morgan fingerprint density at radius 3 is 2.92 bits per heavy atom. The summed E-state index contributed by atoms with van der Waals surface area (Å²) in [6.45, 7) is 3.00. The molecule has 0 unspecified atom stereocenters. The van der Waals surface area contributed by atoms with Gasteiger partial charge in [-0.3, -0.25) is 4.98 Å². The van der Waals surface area contributed by atoms with Crippen LogP contribution in [0.5, 0.6) is 0 Å². The molecule has 1 saturated heterocycles. The van der Waals surface area contributed by atoms with Gasteiger partial charge < -0.3 is 4.90 Å². The molecule has 3 nitrogen and oxygen atoms in total. The third-order valence-electron chi connectivity index (χ3n) is 5.10. The van der Waals surface area contributed by atoms with Crippen LogP contribution in [-0.4, -0.2) is 26.8 Å². The van der Waals surface area contributed by atoms with E-state index in [0.29, 0.717) is 6.04 Å². The summed E-state index contributed by atoms with van der Waals surface area (Å²) in [6.07, 6.45) is 3.07. The number of rotatable bonds is 1. The van der Waals surface area contributed by atoms with Crippen LogP contribution >= 0.6 is 11.8 Å². The van der Waals surface area contributed by atoms with Crippen LogP contribution in [0.1, 0.15) is 16.8 Å². The van der Waals surface area contributed by atoms with Gasteiger partial charge in [-0.25, -0.2) is 4.99 Å². The predicted molar refractivity (Wildman–Crippen MR) is 106 cm³/mol. The first kappa shape index (κ1) is 15.0. The number of hydrogen-bond acceptors (Lipinski definition) is 3. The van der Waals surface area contributed by atoms with Gasteiger partial charge in [-0.05, 0) is 42.0 Å². The van der Waals surface area contributed by atoms with E-state index in [1.807, 2.05) is 24.9 Å². The molecule has 5 rings (SSSR count). The molecule has 0 amide bonds. The van der Waals surface area contributed by atoms with E-state index >= 15 is 0 Å². The fraction of sp³-hybridized carbons (Fsp3) is 0.238. The number of amidine groups is 1. The fourth-order valence-corrected chi connectivity index (χ4v) is 4.96. The molecule has 124 valence electrons. The van der Waals surface area contributed by atoms with Crippen molar-refractivity contribution in [3.63, 3.8) is 0 Å². The summed E-state index contributed by atoms with van der Waals surface area (Å²) in [7, 11) is 0. The van der Waals surface area contributed by atoms with E-state index in [1.165, 1.54) is 16.5 Å². The highest BCUT2D eigenvalue weighted by atomic mass is 32.2. The normalized spacial score (nSPS) is 20.8. The molecule has 0 bridgehead atoms. The topological polar surface area (TPSA) is 28.5 Å². The molecule has 2 aliphatic rings. The highest BCUT2D eigenvalue weighted by Crippen LogP contribution is 2.36. The second-order valence-corrected chi connectivity index (χ2v) is 7.77. The molecule has 0 N–H and O–H groups in total. The van der Waals surface area contributed by atoms with Crippen LogP contribution < -0.4 is 0 Å². The molecular weight excluding hydrogens is 326 g/mol. The van der Waals surface area contributed by atoms with Crippen molar-refractivity contribution in [2.45, 2.75) is 25.9 Å². The minimum Gasteiger partial charge on any atom is -0.343 e. The van der Waals surface area contributed by atoms with E-state index in [4.69, 9.17) is 4.99 Å². The summed E-state index contributed by atoms with van der Waals surface area (Å²) in [4.78, 5) is 12.0. The van der Waals surface area contributed by atoms with E-state index < -0.39 is 0 Å². The Morgan fingerprint density at radius 1 is 1.12 bits per heavy atom. The molecule has 0 spiro atoms. The third-order valence-corrected chi connectivity index (χ3v) is 6.24. The number of fused-ring (bicyclic) bond motifs is 3. The Labute approximate surface area is 151 Å². The summed E-state index contributed by atoms with van der Waals surface area (Å²) in [5.74, 6) is 1.12. The number of nitrogens with zero attached hydrogens (tertiary/aromatic N) is 3. The van der Waals surface area contributed by atoms with E-state index in [1.54, 1.807) is 0 Å². The van der Waals surface area contributed by atoms with Gasteiger partial charge in [0.2, 0.25) is 0 Å². The second-order valence-electron chi connectivity index (χ2n) is 6.78. The monoisotopic (exact) mass is 345 g/mol. The molecule has 0 aliphatic carbocycles. The zero-order valence-electron chi connectivity index (χ0n) is 14.1. The molecule has 3 aromatic rings. The van der Waals surface area contributed by atoms with E-state index in [-0.39, 0.29) is 0 Å². The minimum absolute atomic E-state index is 0.564. The molecule has 1 aromatic heterocycles. The van der Waals surface area contributed by atoms with Gasteiger partial charge in [0, 0.05) is 35.6 Å². The van der Waals surface area contributed by atoms with Crippen molar-refractivity contribution in [1.29, 1.82) is 0 Å². The first-order chi connectivity index (χ1) is 12.3. The van der Waals surface area contributed by atoms with Gasteiger partial charge in [-0.1, -0.05) is 48.2 Å². The summed E-state index contributed by atoms with van der Waals surface area (Å²) >= 11 is 1.88. The number of hydrogen-bond donors (Lipinski definition) is 0. The molecule has 3 heterocycles. The lowest BCUT2D eigenvalue weighted by molar-refractivity contribution is 0.320. The highest BCUT2D eigenvalue weighted by molar-refractivity contribution is 8.14. The second kappa shape index (κ2) is 5.88. The standard InChI is InChI=1S/C21H19N3S/c1-14-9-16-7-4-8-20(19(16)11-22-14)23-21-24-12-17-6-3-2-5-15(17)10-18(24)13-25-21/h2-9,11,18H,10,12-13H2,1H3/t18-/m0/s1. The van der Waals surface area contributed by atoms with E-state index in [2.05, 4.69) is 58.4 Å². The Morgan fingerprint density at radius 2 is 2.00 bits per heavy atom. The van der Waals surface area contributed by atoms with Crippen LogP contribution in [0.15, 0.2) is 59.7 Å². The number of aromatic nitrogens is 1. The highest BCUT2D eigenvalue weighted by Gasteiger charge is 2.34. The van der Waals surface area contributed by atoms with Gasteiger partial charge in [0.1, 0.15) is 0 Å². The predicted octanol–water partition coefficient (Wildman–Crippen LogP) is 4.70. The summed E-state index contributed by atoms with van der Waals surface area (Å²) in [5.41, 5.74) is 4.99. The Bertz CT molecular complexity index is 995. The Hall–Kier alpha value is -2.33. The zero-order valence-corrected chi connectivity index (χ0v) is 15.0. The van der Waals surface area contributed by atoms with Crippen molar-refractivity contribution >= 4 is 33.4 Å². The van der Waals surface area contributed by atoms with Crippen LogP contribution in [-0.2, 0) is 13.0 Å². The number of pyridine rings is 1. The smallest absolute Gasteiger partial charge is 0.165 e. The number of thioether (sulfide) groups is 1. The van der Waals surface area contributed by atoms with Crippen LogP contribution in [0, 0.1) is 6.92 Å². The summed E-state index contributed by atoms with van der Waals surface area (Å²) in [5, 5.41) is 3.48. The maximum Gasteiger partial charge on any atom is 0.165 e. The number of benzene rings is 2. The summed E-state index contributed by atoms with van der Waals surface area (Å²) in [6, 6.07) is 17.8. The van der Waals surface area contributed by atoms with E-state index in [0.717, 1.165) is 40.7 Å². The molecule has 1 atom stereocenters. The van der Waals surface area contributed by atoms with Crippen LogP contribution in [0.4, 0.5) is 5.69 Å². The lowest BCUT2D eigenvalue weighted by atomic mass is 9.95. The lowest BCUT2D eigenvalue weighted by Crippen LogP contribution is -2.38. The average Bonchev–Trinajstić information content (AvgIpc) is 3.01. The first-order valence-electron chi connectivity index (χ1n) is 8.68. The minimum atomic E-state index is 0.564. The van der Waals surface area contributed by atoms with E-state index in [9.17, 15) is 0 Å². The van der Waals surface area contributed by atoms with Gasteiger partial charge in [0.15, 0.2) is 5.17 Å². The fourth-order valence-electron chi connectivity index (χ4n) is 3.78. The number of aliphatic imine (C=N–C) groups is 1. The molecule has 2 aliphatic heterocycles. The molecule has 1 fully saturated rings. The Balaban J connectivity index is 1.54. The van der Waals surface area contributed by atoms with Gasteiger partial charge in [0.05, 0.1) is 5.69 Å². The lowest BCUT2D eigenvalue weighted by Gasteiger charge is -2.32. The molecule has 0 saturated carbocycles. The van der Waals surface area contributed by atoms with Gasteiger partial charge in [-0.15, -0.1) is 0 Å². The third kappa shape index (κ3) is 2.61. The van der Waals surface area contributed by atoms with Crippen molar-refractivity contribution in [2.24, 2.45) is 4.99 Å². The molecular formula is C21H19N3S. The quantitative estimate of drug-likeness (QED) is 0.640.